The number of likely N-dealkylation sites (tertiary alicyclic amines) is 1. The van der Waals surface area contributed by atoms with E-state index in [4.69, 9.17) is 0 Å². The van der Waals surface area contributed by atoms with E-state index in [1.165, 1.54) is 25.9 Å². The molecule has 4 nitrogen and oxygen atoms in total. The summed E-state index contributed by atoms with van der Waals surface area (Å²) in [5, 5.41) is 7.83. The standard InChI is InChI=1S/C13H24N4/c1-12(13-4-9-16(2)10-5-13)14-7-11-17-8-3-6-15-17/h3,6,8,12-14H,4-5,7,9-11H2,1-2H3. The first-order valence-corrected chi connectivity index (χ1v) is 6.65. The van der Waals surface area contributed by atoms with Crippen LogP contribution in [0.1, 0.15) is 19.8 Å². The Morgan fingerprint density at radius 1 is 1.41 bits per heavy atom. The van der Waals surface area contributed by atoms with Crippen molar-refractivity contribution in [3.8, 4) is 0 Å². The predicted molar refractivity (Wildman–Crippen MR) is 69.9 cm³/mol. The van der Waals surface area contributed by atoms with E-state index in [-0.39, 0.29) is 0 Å². The zero-order valence-corrected chi connectivity index (χ0v) is 11.0. The lowest BCUT2D eigenvalue weighted by atomic mass is 9.90. The molecule has 2 heterocycles. The van der Waals surface area contributed by atoms with E-state index in [1.807, 2.05) is 23.1 Å². The van der Waals surface area contributed by atoms with Gasteiger partial charge in [-0.25, -0.2) is 0 Å². The molecule has 1 saturated heterocycles. The highest BCUT2D eigenvalue weighted by Crippen LogP contribution is 2.19. The molecule has 96 valence electrons. The van der Waals surface area contributed by atoms with E-state index in [9.17, 15) is 0 Å². The third-order valence-electron chi connectivity index (χ3n) is 3.84. The molecule has 0 radical (unpaired) electrons. The second kappa shape index (κ2) is 6.17. The average molecular weight is 236 g/mol. The minimum Gasteiger partial charge on any atom is -0.312 e. The van der Waals surface area contributed by atoms with Gasteiger partial charge in [0.2, 0.25) is 0 Å². The van der Waals surface area contributed by atoms with Crippen LogP contribution in [0.2, 0.25) is 0 Å². The molecule has 2 rings (SSSR count). The van der Waals surface area contributed by atoms with Crippen molar-refractivity contribution >= 4 is 0 Å². The highest BCUT2D eigenvalue weighted by molar-refractivity contribution is 4.80. The number of aromatic nitrogens is 2. The molecule has 1 aliphatic rings. The number of hydrogen-bond acceptors (Lipinski definition) is 3. The number of rotatable bonds is 5. The predicted octanol–water partition coefficient (Wildman–Crippen LogP) is 1.20. The Hall–Kier alpha value is -0.870. The van der Waals surface area contributed by atoms with Crippen LogP contribution in [0.5, 0.6) is 0 Å². The van der Waals surface area contributed by atoms with Crippen LogP contribution >= 0.6 is 0 Å². The maximum absolute atomic E-state index is 4.21. The molecule has 1 unspecified atom stereocenters. The fraction of sp³-hybridized carbons (Fsp3) is 0.769. The zero-order valence-electron chi connectivity index (χ0n) is 11.0. The van der Waals surface area contributed by atoms with Crippen molar-refractivity contribution in [2.24, 2.45) is 5.92 Å². The molecule has 1 aromatic rings. The first kappa shape index (κ1) is 12.6. The molecule has 0 amide bonds. The van der Waals surface area contributed by atoms with Crippen LogP contribution in [0.4, 0.5) is 0 Å². The summed E-state index contributed by atoms with van der Waals surface area (Å²) in [6.45, 7) is 6.78. The quantitative estimate of drug-likeness (QED) is 0.834. The smallest absolute Gasteiger partial charge is 0.0534 e. The maximum atomic E-state index is 4.21. The van der Waals surface area contributed by atoms with Gasteiger partial charge in [0.1, 0.15) is 0 Å². The van der Waals surface area contributed by atoms with Crippen LogP contribution in [-0.2, 0) is 6.54 Å². The Bertz CT molecular complexity index is 301. The lowest BCUT2D eigenvalue weighted by Gasteiger charge is -2.33. The van der Waals surface area contributed by atoms with Crippen molar-refractivity contribution in [2.75, 3.05) is 26.7 Å². The third-order valence-corrected chi connectivity index (χ3v) is 3.84. The van der Waals surface area contributed by atoms with Crippen LogP contribution in [0.15, 0.2) is 18.5 Å². The lowest BCUT2D eigenvalue weighted by molar-refractivity contribution is 0.189. The van der Waals surface area contributed by atoms with Crippen LogP contribution < -0.4 is 5.32 Å². The van der Waals surface area contributed by atoms with Crippen LogP contribution in [-0.4, -0.2) is 47.4 Å². The fourth-order valence-electron chi connectivity index (χ4n) is 2.53. The Kier molecular flexibility index (Phi) is 4.57. The minimum atomic E-state index is 0.624. The molecule has 0 aromatic carbocycles. The van der Waals surface area contributed by atoms with Gasteiger partial charge in [-0.3, -0.25) is 4.68 Å². The summed E-state index contributed by atoms with van der Waals surface area (Å²) in [5.74, 6) is 0.837. The van der Waals surface area contributed by atoms with E-state index in [0.29, 0.717) is 6.04 Å². The van der Waals surface area contributed by atoms with Crippen molar-refractivity contribution in [2.45, 2.75) is 32.4 Å². The molecule has 1 aromatic heterocycles. The number of hydrogen-bond donors (Lipinski definition) is 1. The van der Waals surface area contributed by atoms with Gasteiger partial charge in [-0.05, 0) is 51.9 Å². The van der Waals surface area contributed by atoms with Crippen LogP contribution in [0, 0.1) is 5.92 Å². The van der Waals surface area contributed by atoms with Crippen molar-refractivity contribution < 1.29 is 0 Å². The van der Waals surface area contributed by atoms with Crippen molar-refractivity contribution in [3.63, 3.8) is 0 Å². The molecule has 0 spiro atoms. The second-order valence-corrected chi connectivity index (χ2v) is 5.15. The van der Waals surface area contributed by atoms with Gasteiger partial charge < -0.3 is 10.2 Å². The summed E-state index contributed by atoms with van der Waals surface area (Å²) < 4.78 is 1.98. The van der Waals surface area contributed by atoms with Gasteiger partial charge in [0.05, 0.1) is 6.54 Å². The summed E-state index contributed by atoms with van der Waals surface area (Å²) in [7, 11) is 2.21. The van der Waals surface area contributed by atoms with Crippen LogP contribution in [0.25, 0.3) is 0 Å². The molecule has 17 heavy (non-hydrogen) atoms. The lowest BCUT2D eigenvalue weighted by Crippen LogP contribution is -2.41. The topological polar surface area (TPSA) is 33.1 Å². The number of piperidine rings is 1. The van der Waals surface area contributed by atoms with E-state index < -0.39 is 0 Å². The van der Waals surface area contributed by atoms with Crippen molar-refractivity contribution in [3.05, 3.63) is 18.5 Å². The molecule has 0 saturated carbocycles. The zero-order chi connectivity index (χ0) is 12.1. The van der Waals surface area contributed by atoms with E-state index >= 15 is 0 Å². The number of nitrogens with zero attached hydrogens (tertiary/aromatic N) is 3. The average Bonchev–Trinajstić information content (AvgIpc) is 2.83. The molecular weight excluding hydrogens is 212 g/mol. The summed E-state index contributed by atoms with van der Waals surface area (Å²) in [6, 6.07) is 2.60. The third kappa shape index (κ3) is 3.82. The largest absolute Gasteiger partial charge is 0.312 e. The first-order valence-electron chi connectivity index (χ1n) is 6.65. The van der Waals surface area contributed by atoms with Gasteiger partial charge in [0.15, 0.2) is 0 Å². The van der Waals surface area contributed by atoms with E-state index in [2.05, 4.69) is 29.3 Å². The molecule has 1 atom stereocenters. The minimum absolute atomic E-state index is 0.624. The molecule has 1 N–H and O–H groups in total. The van der Waals surface area contributed by atoms with E-state index in [0.717, 1.165) is 19.0 Å². The maximum Gasteiger partial charge on any atom is 0.0534 e. The number of nitrogens with one attached hydrogen (secondary N) is 1. The van der Waals surface area contributed by atoms with Gasteiger partial charge in [-0.2, -0.15) is 5.10 Å². The van der Waals surface area contributed by atoms with E-state index in [1.54, 1.807) is 0 Å². The summed E-state index contributed by atoms with van der Waals surface area (Å²) in [4.78, 5) is 2.42. The molecule has 0 bridgehead atoms. The van der Waals surface area contributed by atoms with Crippen LogP contribution in [0.3, 0.4) is 0 Å². The Labute approximate surface area is 104 Å². The van der Waals surface area contributed by atoms with Gasteiger partial charge in [0.25, 0.3) is 0 Å². The highest BCUT2D eigenvalue weighted by atomic mass is 15.3. The Balaban J connectivity index is 1.65. The van der Waals surface area contributed by atoms with Crippen molar-refractivity contribution in [1.29, 1.82) is 0 Å². The molecule has 4 heteroatoms. The van der Waals surface area contributed by atoms with Gasteiger partial charge >= 0.3 is 0 Å². The summed E-state index contributed by atoms with van der Waals surface area (Å²) in [6.07, 6.45) is 6.50. The monoisotopic (exact) mass is 236 g/mol. The summed E-state index contributed by atoms with van der Waals surface area (Å²) >= 11 is 0. The van der Waals surface area contributed by atoms with Gasteiger partial charge in [-0.1, -0.05) is 0 Å². The Morgan fingerprint density at radius 3 is 2.82 bits per heavy atom. The SMILES string of the molecule is CC(NCCn1cccn1)C1CCN(C)CC1. The summed E-state index contributed by atoms with van der Waals surface area (Å²) in [5.41, 5.74) is 0. The van der Waals surface area contributed by atoms with Crippen molar-refractivity contribution in [1.82, 2.24) is 20.0 Å². The molecule has 0 aliphatic carbocycles. The highest BCUT2D eigenvalue weighted by Gasteiger charge is 2.21. The normalized spacial score (nSPS) is 20.6. The van der Waals surface area contributed by atoms with Gasteiger partial charge in [0, 0.05) is 25.0 Å². The second-order valence-electron chi connectivity index (χ2n) is 5.15. The molecule has 1 fully saturated rings. The first-order chi connectivity index (χ1) is 8.25. The molecular formula is C13H24N4. The van der Waals surface area contributed by atoms with Gasteiger partial charge in [-0.15, -0.1) is 0 Å². The fourth-order valence-corrected chi connectivity index (χ4v) is 2.53. The molecule has 1 aliphatic heterocycles. The Morgan fingerprint density at radius 2 is 2.18 bits per heavy atom.